The minimum Gasteiger partial charge on any atom is -0.447 e. The lowest BCUT2D eigenvalue weighted by atomic mass is 10.0. The first-order chi connectivity index (χ1) is 9.70. The summed E-state index contributed by atoms with van der Waals surface area (Å²) in [5.41, 5.74) is -1.01. The number of amides is 1. The average molecular weight is 305 g/mol. The number of benzene rings is 1. The van der Waals surface area contributed by atoms with Crippen LogP contribution in [0.4, 0.5) is 22.4 Å². The van der Waals surface area contributed by atoms with Crippen LogP contribution >= 0.6 is 0 Å². The Morgan fingerprint density at radius 1 is 1.38 bits per heavy atom. The van der Waals surface area contributed by atoms with Gasteiger partial charge in [0, 0.05) is 6.54 Å². The van der Waals surface area contributed by atoms with Crippen LogP contribution in [0.1, 0.15) is 25.0 Å². The molecule has 1 saturated heterocycles. The Bertz CT molecular complexity index is 542. The van der Waals surface area contributed by atoms with E-state index in [0.717, 1.165) is 6.07 Å². The molecule has 1 heterocycles. The van der Waals surface area contributed by atoms with Crippen molar-refractivity contribution in [2.45, 2.75) is 32.6 Å². The minimum atomic E-state index is -4.73. The molecule has 0 N–H and O–H groups in total. The van der Waals surface area contributed by atoms with Crippen molar-refractivity contribution < 1.29 is 27.1 Å². The third kappa shape index (κ3) is 3.28. The largest absolute Gasteiger partial charge is 0.447 e. The Morgan fingerprint density at radius 2 is 2.05 bits per heavy atom. The predicted octanol–water partition coefficient (Wildman–Crippen LogP) is 3.82. The molecule has 0 aliphatic carbocycles. The van der Waals surface area contributed by atoms with Gasteiger partial charge in [0.25, 0.3) is 0 Å². The number of ether oxygens (including phenoxy) is 1. The van der Waals surface area contributed by atoms with Crippen molar-refractivity contribution in [2.24, 2.45) is 5.92 Å². The van der Waals surface area contributed by atoms with Crippen LogP contribution in [-0.2, 0) is 17.5 Å². The van der Waals surface area contributed by atoms with Gasteiger partial charge in [-0.25, -0.2) is 9.18 Å². The fourth-order valence-corrected chi connectivity index (χ4v) is 2.28. The first-order valence-electron chi connectivity index (χ1n) is 6.49. The average Bonchev–Trinajstić information content (AvgIpc) is 2.69. The molecular weight excluding hydrogens is 290 g/mol. The highest BCUT2D eigenvalue weighted by molar-refractivity contribution is 5.70. The summed E-state index contributed by atoms with van der Waals surface area (Å²) in [4.78, 5) is 13.0. The van der Waals surface area contributed by atoms with E-state index in [9.17, 15) is 22.4 Å². The summed E-state index contributed by atoms with van der Waals surface area (Å²) < 4.78 is 55.9. The van der Waals surface area contributed by atoms with E-state index in [1.165, 1.54) is 11.0 Å². The van der Waals surface area contributed by atoms with Crippen molar-refractivity contribution >= 4 is 6.09 Å². The fourth-order valence-electron chi connectivity index (χ4n) is 2.28. The highest BCUT2D eigenvalue weighted by Crippen LogP contribution is 2.32. The number of halogens is 4. The molecule has 0 bridgehead atoms. The molecule has 1 fully saturated rings. The molecule has 2 rings (SSSR count). The molecule has 1 aromatic carbocycles. The first-order valence-corrected chi connectivity index (χ1v) is 6.49. The minimum absolute atomic E-state index is 0.0245. The first kappa shape index (κ1) is 15.6. The van der Waals surface area contributed by atoms with Gasteiger partial charge in [0.1, 0.15) is 12.4 Å². The monoisotopic (exact) mass is 305 g/mol. The van der Waals surface area contributed by atoms with Gasteiger partial charge >= 0.3 is 12.3 Å². The van der Waals surface area contributed by atoms with Gasteiger partial charge in [0.05, 0.1) is 11.6 Å². The third-order valence-corrected chi connectivity index (χ3v) is 3.47. The van der Waals surface area contributed by atoms with Crippen molar-refractivity contribution in [2.75, 3.05) is 6.61 Å². The van der Waals surface area contributed by atoms with Crippen LogP contribution in [0.5, 0.6) is 0 Å². The zero-order chi connectivity index (χ0) is 15.8. The maximum Gasteiger partial charge on any atom is 0.419 e. The molecule has 21 heavy (non-hydrogen) atoms. The van der Waals surface area contributed by atoms with E-state index in [0.29, 0.717) is 11.6 Å². The Kier molecular flexibility index (Phi) is 4.11. The number of hydrogen-bond donors (Lipinski definition) is 0. The van der Waals surface area contributed by atoms with E-state index < -0.39 is 23.7 Å². The number of hydrogen-bond acceptors (Lipinski definition) is 2. The quantitative estimate of drug-likeness (QED) is 0.795. The van der Waals surface area contributed by atoms with Crippen molar-refractivity contribution in [1.82, 2.24) is 4.90 Å². The molecule has 1 atom stereocenters. The number of cyclic esters (lactones) is 1. The maximum atomic E-state index is 13.5. The van der Waals surface area contributed by atoms with Crippen LogP contribution < -0.4 is 0 Å². The number of rotatable bonds is 3. The lowest BCUT2D eigenvalue weighted by Gasteiger charge is -2.24. The number of carbonyl (C=O) groups excluding carboxylic acids is 1. The Hall–Kier alpha value is -1.79. The Labute approximate surface area is 119 Å². The van der Waals surface area contributed by atoms with Gasteiger partial charge in [0.15, 0.2) is 0 Å². The lowest BCUT2D eigenvalue weighted by Crippen LogP contribution is -2.36. The summed E-state index contributed by atoms with van der Waals surface area (Å²) in [7, 11) is 0. The molecule has 0 aromatic heterocycles. The van der Waals surface area contributed by atoms with Crippen LogP contribution in [0, 0.1) is 11.7 Å². The second-order valence-corrected chi connectivity index (χ2v) is 5.33. The third-order valence-electron chi connectivity index (χ3n) is 3.47. The second-order valence-electron chi connectivity index (χ2n) is 5.33. The van der Waals surface area contributed by atoms with E-state index in [1.807, 2.05) is 13.8 Å². The van der Waals surface area contributed by atoms with Gasteiger partial charge in [-0.05, 0) is 23.6 Å². The summed E-state index contributed by atoms with van der Waals surface area (Å²) in [6.07, 6.45) is -5.26. The van der Waals surface area contributed by atoms with Crippen molar-refractivity contribution in [3.05, 3.63) is 35.1 Å². The number of nitrogens with zero attached hydrogens (tertiary/aromatic N) is 1. The topological polar surface area (TPSA) is 29.5 Å². The zero-order valence-corrected chi connectivity index (χ0v) is 11.6. The smallest absolute Gasteiger partial charge is 0.419 e. The SMILES string of the molecule is CC(C)[C@H]1COC(=O)N1Cc1ccc(C(F)(F)F)c(F)c1. The van der Waals surface area contributed by atoms with Gasteiger partial charge in [-0.15, -0.1) is 0 Å². The molecular formula is C14H15F4NO2. The second kappa shape index (κ2) is 5.54. The summed E-state index contributed by atoms with van der Waals surface area (Å²) in [6, 6.07) is 2.51. The lowest BCUT2D eigenvalue weighted by molar-refractivity contribution is -0.140. The highest BCUT2D eigenvalue weighted by atomic mass is 19.4. The van der Waals surface area contributed by atoms with Crippen LogP contribution in [0.3, 0.4) is 0 Å². The molecule has 0 unspecified atom stereocenters. The molecule has 1 aromatic rings. The van der Waals surface area contributed by atoms with E-state index in [1.54, 1.807) is 0 Å². The van der Waals surface area contributed by atoms with E-state index >= 15 is 0 Å². The molecule has 0 radical (unpaired) electrons. The van der Waals surface area contributed by atoms with Gasteiger partial charge < -0.3 is 4.74 Å². The molecule has 7 heteroatoms. The molecule has 1 aliphatic heterocycles. The van der Waals surface area contributed by atoms with Crippen molar-refractivity contribution in [1.29, 1.82) is 0 Å². The number of carbonyl (C=O) groups is 1. The Balaban J connectivity index is 2.20. The predicted molar refractivity (Wildman–Crippen MR) is 66.9 cm³/mol. The summed E-state index contributed by atoms with van der Waals surface area (Å²) in [5, 5.41) is 0. The van der Waals surface area contributed by atoms with Gasteiger partial charge in [-0.1, -0.05) is 19.9 Å². The molecule has 1 aliphatic rings. The van der Waals surface area contributed by atoms with Crippen LogP contribution in [0.25, 0.3) is 0 Å². The molecule has 3 nitrogen and oxygen atoms in total. The van der Waals surface area contributed by atoms with Crippen molar-refractivity contribution in [3.63, 3.8) is 0 Å². The number of alkyl halides is 3. The summed E-state index contributed by atoms with van der Waals surface area (Å²) >= 11 is 0. The fraction of sp³-hybridized carbons (Fsp3) is 0.500. The molecule has 1 amide bonds. The van der Waals surface area contributed by atoms with Crippen molar-refractivity contribution in [3.8, 4) is 0 Å². The van der Waals surface area contributed by atoms with Gasteiger partial charge in [0.2, 0.25) is 0 Å². The van der Waals surface area contributed by atoms with Gasteiger partial charge in [-0.2, -0.15) is 13.2 Å². The van der Waals surface area contributed by atoms with Crippen LogP contribution in [-0.4, -0.2) is 23.6 Å². The highest BCUT2D eigenvalue weighted by Gasteiger charge is 2.36. The van der Waals surface area contributed by atoms with Crippen LogP contribution in [0.2, 0.25) is 0 Å². The van der Waals surface area contributed by atoms with Crippen LogP contribution in [0.15, 0.2) is 18.2 Å². The molecule has 0 spiro atoms. The normalized spacial score (nSPS) is 19.3. The molecule has 116 valence electrons. The maximum absolute atomic E-state index is 13.5. The summed E-state index contributed by atoms with van der Waals surface area (Å²) in [6.45, 7) is 4.08. The summed E-state index contributed by atoms with van der Waals surface area (Å²) in [5.74, 6) is -1.20. The standard InChI is InChI=1S/C14H15F4NO2/c1-8(2)12-7-21-13(20)19(12)6-9-3-4-10(11(15)5-9)14(16,17)18/h3-5,8,12H,6-7H2,1-2H3/t12-/m1/s1. The van der Waals surface area contributed by atoms with Gasteiger partial charge in [-0.3, -0.25) is 4.90 Å². The Morgan fingerprint density at radius 3 is 2.57 bits per heavy atom. The van der Waals surface area contributed by atoms with E-state index in [-0.39, 0.29) is 25.1 Å². The van der Waals surface area contributed by atoms with E-state index in [2.05, 4.69) is 0 Å². The zero-order valence-electron chi connectivity index (χ0n) is 11.6. The molecule has 0 saturated carbocycles. The van der Waals surface area contributed by atoms with E-state index in [4.69, 9.17) is 4.74 Å².